The minimum Gasteiger partial charge on any atom is -0.346 e. The van der Waals surface area contributed by atoms with Crippen LogP contribution in [0.25, 0.3) is 6.08 Å². The second-order valence-electron chi connectivity index (χ2n) is 12.9. The number of aromatic nitrogens is 1. The van der Waals surface area contributed by atoms with E-state index in [1.807, 2.05) is 35.2 Å². The maximum atomic E-state index is 13.5. The molecule has 13 heteroatoms. The molecular formula is C38H45F2N7O3S. The summed E-state index contributed by atoms with van der Waals surface area (Å²) in [5.41, 5.74) is 12.1. The van der Waals surface area contributed by atoms with Gasteiger partial charge in [0.1, 0.15) is 0 Å². The first-order valence-electron chi connectivity index (χ1n) is 17.3. The van der Waals surface area contributed by atoms with Crippen molar-refractivity contribution in [1.29, 1.82) is 0 Å². The zero-order chi connectivity index (χ0) is 36.5. The lowest BCUT2D eigenvalue weighted by molar-refractivity contribution is -0.127. The molecular weight excluding hydrogens is 673 g/mol. The van der Waals surface area contributed by atoms with Crippen LogP contribution in [-0.4, -0.2) is 82.6 Å². The molecule has 2 aliphatic rings. The molecule has 1 aromatic heterocycles. The van der Waals surface area contributed by atoms with Gasteiger partial charge in [0.2, 0.25) is 5.91 Å². The van der Waals surface area contributed by atoms with Gasteiger partial charge in [0.25, 0.3) is 17.7 Å². The van der Waals surface area contributed by atoms with Crippen LogP contribution in [-0.2, 0) is 24.3 Å². The van der Waals surface area contributed by atoms with Crippen molar-refractivity contribution in [3.63, 3.8) is 0 Å². The summed E-state index contributed by atoms with van der Waals surface area (Å²) in [7, 11) is 0. The van der Waals surface area contributed by atoms with Gasteiger partial charge in [0.05, 0.1) is 30.7 Å². The second-order valence-corrected chi connectivity index (χ2v) is 13.2. The Morgan fingerprint density at radius 2 is 1.75 bits per heavy atom. The fourth-order valence-corrected chi connectivity index (χ4v) is 6.34. The van der Waals surface area contributed by atoms with E-state index in [0.29, 0.717) is 66.4 Å². The molecule has 0 unspecified atom stereocenters. The number of rotatable bonds is 14. The highest BCUT2D eigenvalue weighted by Gasteiger charge is 2.27. The van der Waals surface area contributed by atoms with Crippen molar-refractivity contribution in [3.8, 4) is 0 Å². The normalized spacial score (nSPS) is 14.4. The Bertz CT molecular complexity index is 1810. The molecule has 2 aromatic carbocycles. The highest BCUT2D eigenvalue weighted by Crippen LogP contribution is 2.30. The Morgan fingerprint density at radius 3 is 2.43 bits per heavy atom. The van der Waals surface area contributed by atoms with E-state index in [4.69, 9.17) is 10.7 Å². The van der Waals surface area contributed by atoms with Crippen molar-refractivity contribution in [2.24, 2.45) is 10.7 Å². The van der Waals surface area contributed by atoms with Gasteiger partial charge in [-0.2, -0.15) is 12.6 Å². The zero-order valence-corrected chi connectivity index (χ0v) is 29.9. The van der Waals surface area contributed by atoms with Crippen LogP contribution < -0.4 is 16.4 Å². The summed E-state index contributed by atoms with van der Waals surface area (Å²) >= 11 is 4.47. The first-order chi connectivity index (χ1) is 24.5. The molecule has 0 radical (unpaired) electrons. The lowest BCUT2D eigenvalue weighted by Crippen LogP contribution is -2.41. The molecule has 270 valence electrons. The molecule has 0 aliphatic carbocycles. The Kier molecular flexibility index (Phi) is 12.7. The summed E-state index contributed by atoms with van der Waals surface area (Å²) in [4.78, 5) is 52.7. The smallest absolute Gasteiger partial charge is 0.277 e. The largest absolute Gasteiger partial charge is 0.346 e. The zero-order valence-electron chi connectivity index (χ0n) is 29.1. The predicted molar refractivity (Wildman–Crippen MR) is 200 cm³/mol. The van der Waals surface area contributed by atoms with Gasteiger partial charge < -0.3 is 21.3 Å². The number of benzene rings is 2. The molecule has 5 rings (SSSR count). The van der Waals surface area contributed by atoms with Gasteiger partial charge in [-0.15, -0.1) is 0 Å². The number of amides is 3. The number of nitrogens with zero attached hydrogens (tertiary/aromatic N) is 4. The van der Waals surface area contributed by atoms with E-state index in [0.717, 1.165) is 53.9 Å². The van der Waals surface area contributed by atoms with Crippen molar-refractivity contribution in [2.75, 3.05) is 43.8 Å². The van der Waals surface area contributed by atoms with Crippen molar-refractivity contribution in [1.82, 2.24) is 20.1 Å². The van der Waals surface area contributed by atoms with E-state index in [2.05, 4.69) is 47.0 Å². The van der Waals surface area contributed by atoms with Crippen LogP contribution in [0.1, 0.15) is 76.2 Å². The van der Waals surface area contributed by atoms with E-state index >= 15 is 0 Å². The Hall–Kier alpha value is -4.46. The number of pyridine rings is 1. The molecule has 0 fully saturated rings. The molecule has 2 aliphatic heterocycles. The van der Waals surface area contributed by atoms with Crippen molar-refractivity contribution < 1.29 is 23.2 Å². The Morgan fingerprint density at radius 1 is 1.02 bits per heavy atom. The SMILES string of the molecule is CCCN(CCC)C(=O)C1=Cc2ccc(C(=O)Nc3cnc4c(c3)CN(Cc3ccc(C(=O)NCC(F)(F)CN)cc3)CC4)cc2N=C(CS)C1. The molecule has 0 spiro atoms. The molecule has 4 N–H and O–H groups in total. The summed E-state index contributed by atoms with van der Waals surface area (Å²) in [6, 6.07) is 14.1. The third-order valence-corrected chi connectivity index (χ3v) is 9.20. The quantitative estimate of drug-likeness (QED) is 0.159. The van der Waals surface area contributed by atoms with Crippen LogP contribution in [0, 0.1) is 0 Å². The van der Waals surface area contributed by atoms with Gasteiger partial charge in [-0.3, -0.25) is 29.3 Å². The maximum absolute atomic E-state index is 13.5. The lowest BCUT2D eigenvalue weighted by atomic mass is 10.0. The van der Waals surface area contributed by atoms with Crippen molar-refractivity contribution >= 4 is 53.5 Å². The fraction of sp³-hybridized carbons (Fsp3) is 0.395. The number of aliphatic imine (C=N–C) groups is 1. The number of alkyl halides is 2. The Labute approximate surface area is 303 Å². The van der Waals surface area contributed by atoms with Crippen LogP contribution in [0.2, 0.25) is 0 Å². The molecule has 0 saturated heterocycles. The topological polar surface area (TPSA) is 133 Å². The van der Waals surface area contributed by atoms with E-state index in [1.165, 1.54) is 0 Å². The number of hydrogen-bond acceptors (Lipinski definition) is 8. The third kappa shape index (κ3) is 9.87. The predicted octanol–water partition coefficient (Wildman–Crippen LogP) is 5.65. The molecule has 51 heavy (non-hydrogen) atoms. The number of nitrogens with one attached hydrogen (secondary N) is 2. The molecule has 3 amide bonds. The van der Waals surface area contributed by atoms with Gasteiger partial charge in [0.15, 0.2) is 0 Å². The molecule has 3 aromatic rings. The maximum Gasteiger partial charge on any atom is 0.277 e. The average Bonchev–Trinajstić information content (AvgIpc) is 3.33. The standard InChI is InChI=1S/C38H45F2N7O3S/c1-3-12-47(13-4-2)37(50)29-15-27-9-10-28(18-34(27)44-32(16-29)22-51)36(49)45-31-17-30-21-46(14-11-33(30)42-19-31)20-25-5-7-26(8-6-25)35(48)43-24-38(39,40)23-41/h5-10,15,17-19,51H,3-4,11-14,16,20-24,41H2,1-2H3,(H,43,48)(H,45,49). The van der Waals surface area contributed by atoms with Crippen LogP contribution >= 0.6 is 12.6 Å². The third-order valence-electron chi connectivity index (χ3n) is 8.83. The van der Waals surface area contributed by atoms with Crippen LogP contribution in [0.15, 0.2) is 65.3 Å². The van der Waals surface area contributed by atoms with E-state index in [9.17, 15) is 23.2 Å². The monoisotopic (exact) mass is 717 g/mol. The minimum atomic E-state index is -3.15. The lowest BCUT2D eigenvalue weighted by Gasteiger charge is -2.28. The molecule has 0 saturated carbocycles. The number of hydrogen-bond donors (Lipinski definition) is 4. The average molecular weight is 718 g/mol. The van der Waals surface area contributed by atoms with Gasteiger partial charge in [0, 0.05) is 85.0 Å². The fourth-order valence-electron chi connectivity index (χ4n) is 6.15. The van der Waals surface area contributed by atoms with Crippen LogP contribution in [0.3, 0.4) is 0 Å². The van der Waals surface area contributed by atoms with Crippen molar-refractivity contribution in [3.05, 3.63) is 93.8 Å². The number of thiol groups is 1. The summed E-state index contributed by atoms with van der Waals surface area (Å²) < 4.78 is 26.8. The first-order valence-corrected chi connectivity index (χ1v) is 17.9. The molecule has 3 heterocycles. The highest BCUT2D eigenvalue weighted by molar-refractivity contribution is 7.81. The van der Waals surface area contributed by atoms with E-state index in [1.54, 1.807) is 30.5 Å². The van der Waals surface area contributed by atoms with Crippen LogP contribution in [0.4, 0.5) is 20.2 Å². The first kappa shape index (κ1) is 37.8. The molecule has 0 bridgehead atoms. The van der Waals surface area contributed by atoms with Crippen LogP contribution in [0.5, 0.6) is 0 Å². The Balaban J connectivity index is 1.24. The highest BCUT2D eigenvalue weighted by atomic mass is 32.1. The number of anilines is 1. The van der Waals surface area contributed by atoms with Gasteiger partial charge in [-0.25, -0.2) is 8.78 Å². The minimum absolute atomic E-state index is 0.00902. The number of nitrogens with two attached hydrogens (primary N) is 1. The number of carbonyl (C=O) groups excluding carboxylic acids is 3. The summed E-state index contributed by atoms with van der Waals surface area (Å²) in [6.45, 7) is 5.87. The summed E-state index contributed by atoms with van der Waals surface area (Å²) in [5.74, 6) is -3.63. The van der Waals surface area contributed by atoms with Gasteiger partial charge >= 0.3 is 0 Å². The molecule has 10 nitrogen and oxygen atoms in total. The van der Waals surface area contributed by atoms with Gasteiger partial charge in [-0.1, -0.05) is 32.0 Å². The second kappa shape index (κ2) is 17.2. The summed E-state index contributed by atoms with van der Waals surface area (Å²) in [6.07, 6.45) is 6.45. The number of halogens is 2. The number of fused-ring (bicyclic) bond motifs is 2. The van der Waals surface area contributed by atoms with E-state index < -0.39 is 24.9 Å². The van der Waals surface area contributed by atoms with Crippen molar-refractivity contribution in [2.45, 2.75) is 58.5 Å². The molecule has 0 atom stereocenters. The van der Waals surface area contributed by atoms with Gasteiger partial charge in [-0.05, 0) is 60.4 Å². The summed E-state index contributed by atoms with van der Waals surface area (Å²) in [5, 5.41) is 5.21. The van der Waals surface area contributed by atoms with E-state index in [-0.39, 0.29) is 11.8 Å². The number of carbonyl (C=O) groups is 3.